The SMILES string of the molecule is Cc1ccc(N(C(=O)c2ccccc2)c2ccccc2)nc1. The summed E-state index contributed by atoms with van der Waals surface area (Å²) in [6.07, 6.45) is 1.77. The van der Waals surface area contributed by atoms with Crippen molar-refractivity contribution in [2.75, 3.05) is 4.90 Å². The molecule has 22 heavy (non-hydrogen) atoms. The number of carbonyl (C=O) groups is 1. The van der Waals surface area contributed by atoms with Crippen LogP contribution in [0, 0.1) is 6.92 Å². The van der Waals surface area contributed by atoms with Crippen LogP contribution < -0.4 is 4.90 Å². The van der Waals surface area contributed by atoms with Gasteiger partial charge in [0.1, 0.15) is 5.82 Å². The molecule has 0 aliphatic rings. The van der Waals surface area contributed by atoms with Crippen LogP contribution in [0.1, 0.15) is 15.9 Å². The number of para-hydroxylation sites is 1. The maximum atomic E-state index is 12.9. The molecule has 0 aliphatic heterocycles. The number of pyridine rings is 1. The monoisotopic (exact) mass is 288 g/mol. The summed E-state index contributed by atoms with van der Waals surface area (Å²) < 4.78 is 0. The van der Waals surface area contributed by atoms with Crippen LogP contribution in [0.4, 0.5) is 11.5 Å². The Kier molecular flexibility index (Phi) is 3.97. The quantitative estimate of drug-likeness (QED) is 0.717. The highest BCUT2D eigenvalue weighted by Crippen LogP contribution is 2.25. The number of anilines is 2. The van der Waals surface area contributed by atoms with Crippen LogP contribution in [0.3, 0.4) is 0 Å². The van der Waals surface area contributed by atoms with Crippen LogP contribution in [0.25, 0.3) is 0 Å². The van der Waals surface area contributed by atoms with Gasteiger partial charge in [-0.25, -0.2) is 4.98 Å². The van der Waals surface area contributed by atoms with Crippen LogP contribution in [0.2, 0.25) is 0 Å². The number of aryl methyl sites for hydroxylation is 1. The summed E-state index contributed by atoms with van der Waals surface area (Å²) in [6, 6.07) is 22.6. The van der Waals surface area contributed by atoms with E-state index in [1.165, 1.54) is 0 Å². The molecule has 1 aromatic heterocycles. The van der Waals surface area contributed by atoms with Crippen LogP contribution in [-0.4, -0.2) is 10.9 Å². The summed E-state index contributed by atoms with van der Waals surface area (Å²) in [7, 11) is 0. The van der Waals surface area contributed by atoms with E-state index in [-0.39, 0.29) is 5.91 Å². The van der Waals surface area contributed by atoms with Crippen LogP contribution in [-0.2, 0) is 0 Å². The van der Waals surface area contributed by atoms with E-state index in [4.69, 9.17) is 0 Å². The second-order valence-corrected chi connectivity index (χ2v) is 5.04. The van der Waals surface area contributed by atoms with Crippen LogP contribution in [0.5, 0.6) is 0 Å². The first-order valence-electron chi connectivity index (χ1n) is 7.13. The van der Waals surface area contributed by atoms with Gasteiger partial charge >= 0.3 is 0 Å². The molecule has 1 heterocycles. The molecule has 0 unspecified atom stereocenters. The maximum Gasteiger partial charge on any atom is 0.264 e. The Morgan fingerprint density at radius 2 is 1.50 bits per heavy atom. The fourth-order valence-corrected chi connectivity index (χ4v) is 2.23. The normalized spacial score (nSPS) is 10.2. The van der Waals surface area contributed by atoms with E-state index < -0.39 is 0 Å². The highest BCUT2D eigenvalue weighted by Gasteiger charge is 2.20. The van der Waals surface area contributed by atoms with Gasteiger partial charge in [-0.3, -0.25) is 9.69 Å². The highest BCUT2D eigenvalue weighted by atomic mass is 16.2. The van der Waals surface area contributed by atoms with Crippen molar-refractivity contribution in [2.24, 2.45) is 0 Å². The number of benzene rings is 2. The van der Waals surface area contributed by atoms with Gasteiger partial charge in [0.25, 0.3) is 5.91 Å². The highest BCUT2D eigenvalue weighted by molar-refractivity contribution is 6.10. The number of hydrogen-bond donors (Lipinski definition) is 0. The minimum atomic E-state index is -0.0943. The second-order valence-electron chi connectivity index (χ2n) is 5.04. The van der Waals surface area contributed by atoms with Gasteiger partial charge in [-0.05, 0) is 42.8 Å². The Labute approximate surface area is 129 Å². The van der Waals surface area contributed by atoms with Gasteiger partial charge in [-0.1, -0.05) is 42.5 Å². The molecule has 1 amide bonds. The Bertz CT molecular complexity index is 752. The van der Waals surface area contributed by atoms with Gasteiger partial charge in [0.15, 0.2) is 0 Å². The molecule has 0 radical (unpaired) electrons. The van der Waals surface area contributed by atoms with E-state index in [9.17, 15) is 4.79 Å². The second kappa shape index (κ2) is 6.22. The minimum absolute atomic E-state index is 0.0943. The standard InChI is InChI=1S/C19H16N2O/c1-15-12-13-18(20-14-15)21(17-10-6-3-7-11-17)19(22)16-8-4-2-5-9-16/h2-14H,1H3. The molecule has 3 rings (SSSR count). The van der Waals surface area contributed by atoms with E-state index in [0.717, 1.165) is 11.3 Å². The Morgan fingerprint density at radius 1 is 0.864 bits per heavy atom. The van der Waals surface area contributed by atoms with Crippen molar-refractivity contribution in [1.82, 2.24) is 4.98 Å². The van der Waals surface area contributed by atoms with E-state index in [1.807, 2.05) is 79.7 Å². The van der Waals surface area contributed by atoms with Crippen molar-refractivity contribution >= 4 is 17.4 Å². The molecule has 0 saturated heterocycles. The third-order valence-electron chi connectivity index (χ3n) is 3.36. The molecule has 0 atom stereocenters. The molecule has 0 spiro atoms. The van der Waals surface area contributed by atoms with Crippen LogP contribution >= 0.6 is 0 Å². The number of amides is 1. The maximum absolute atomic E-state index is 12.9. The topological polar surface area (TPSA) is 33.2 Å². The lowest BCUT2D eigenvalue weighted by atomic mass is 10.1. The number of carbonyl (C=O) groups excluding carboxylic acids is 1. The molecular weight excluding hydrogens is 272 g/mol. The fraction of sp³-hybridized carbons (Fsp3) is 0.0526. The smallest absolute Gasteiger partial charge is 0.264 e. The summed E-state index contributed by atoms with van der Waals surface area (Å²) in [4.78, 5) is 19.0. The zero-order chi connectivity index (χ0) is 15.4. The average Bonchev–Trinajstić information content (AvgIpc) is 2.58. The van der Waals surface area contributed by atoms with E-state index >= 15 is 0 Å². The molecule has 3 aromatic rings. The van der Waals surface area contributed by atoms with E-state index in [2.05, 4.69) is 4.98 Å². The Balaban J connectivity index is 2.07. The van der Waals surface area contributed by atoms with Crippen molar-refractivity contribution in [1.29, 1.82) is 0 Å². The average molecular weight is 288 g/mol. The summed E-state index contributed by atoms with van der Waals surface area (Å²) in [5, 5.41) is 0. The van der Waals surface area contributed by atoms with E-state index in [0.29, 0.717) is 11.4 Å². The number of aromatic nitrogens is 1. The zero-order valence-corrected chi connectivity index (χ0v) is 12.3. The summed E-state index contributed by atoms with van der Waals surface area (Å²) >= 11 is 0. The molecule has 0 bridgehead atoms. The van der Waals surface area contributed by atoms with Crippen LogP contribution in [0.15, 0.2) is 79.0 Å². The first kappa shape index (κ1) is 14.0. The number of hydrogen-bond acceptors (Lipinski definition) is 2. The first-order chi connectivity index (χ1) is 10.8. The summed E-state index contributed by atoms with van der Waals surface area (Å²) in [5.41, 5.74) is 2.49. The van der Waals surface area contributed by atoms with Gasteiger partial charge in [0, 0.05) is 11.8 Å². The Morgan fingerprint density at radius 3 is 2.09 bits per heavy atom. The van der Waals surface area contributed by atoms with Gasteiger partial charge in [0.05, 0.1) is 5.69 Å². The minimum Gasteiger partial charge on any atom is -0.268 e. The third kappa shape index (κ3) is 2.88. The van der Waals surface area contributed by atoms with Gasteiger partial charge in [0.2, 0.25) is 0 Å². The number of nitrogens with zero attached hydrogens (tertiary/aromatic N) is 2. The van der Waals surface area contributed by atoms with Crippen molar-refractivity contribution in [3.05, 3.63) is 90.1 Å². The molecule has 0 saturated carbocycles. The zero-order valence-electron chi connectivity index (χ0n) is 12.3. The van der Waals surface area contributed by atoms with Crippen molar-refractivity contribution < 1.29 is 4.79 Å². The molecular formula is C19H16N2O. The van der Waals surface area contributed by atoms with Crippen molar-refractivity contribution in [3.63, 3.8) is 0 Å². The first-order valence-corrected chi connectivity index (χ1v) is 7.13. The lowest BCUT2D eigenvalue weighted by molar-refractivity contribution is 0.0998. The summed E-state index contributed by atoms with van der Waals surface area (Å²) in [5.74, 6) is 0.522. The fourth-order valence-electron chi connectivity index (χ4n) is 2.23. The van der Waals surface area contributed by atoms with E-state index in [1.54, 1.807) is 11.1 Å². The third-order valence-corrected chi connectivity index (χ3v) is 3.36. The molecule has 3 heteroatoms. The predicted octanol–water partition coefficient (Wildman–Crippen LogP) is 4.37. The van der Waals surface area contributed by atoms with Gasteiger partial charge in [-0.2, -0.15) is 0 Å². The molecule has 0 N–H and O–H groups in total. The lowest BCUT2D eigenvalue weighted by Gasteiger charge is -2.22. The largest absolute Gasteiger partial charge is 0.268 e. The van der Waals surface area contributed by atoms with Crippen molar-refractivity contribution in [2.45, 2.75) is 6.92 Å². The van der Waals surface area contributed by atoms with Crippen molar-refractivity contribution in [3.8, 4) is 0 Å². The van der Waals surface area contributed by atoms with Gasteiger partial charge < -0.3 is 0 Å². The number of rotatable bonds is 3. The molecule has 2 aromatic carbocycles. The predicted molar refractivity (Wildman–Crippen MR) is 88.3 cm³/mol. The molecule has 0 aliphatic carbocycles. The molecule has 108 valence electrons. The molecule has 0 fully saturated rings. The summed E-state index contributed by atoms with van der Waals surface area (Å²) in [6.45, 7) is 1.97. The lowest BCUT2D eigenvalue weighted by Crippen LogP contribution is -2.26. The van der Waals surface area contributed by atoms with Gasteiger partial charge in [-0.15, -0.1) is 0 Å². The Hall–Kier alpha value is -2.94. The molecule has 3 nitrogen and oxygen atoms in total.